The van der Waals surface area contributed by atoms with E-state index in [4.69, 9.17) is 10.3 Å². The molecule has 3 atom stereocenters. The fourth-order valence-electron chi connectivity index (χ4n) is 5.95. The van der Waals surface area contributed by atoms with Crippen molar-refractivity contribution in [3.63, 3.8) is 0 Å². The van der Waals surface area contributed by atoms with Crippen molar-refractivity contribution in [2.24, 2.45) is 17.8 Å². The van der Waals surface area contributed by atoms with E-state index in [-0.39, 0.29) is 41.3 Å². The molecular weight excluding hydrogens is 737 g/mol. The molecule has 0 fully saturated rings. The lowest BCUT2D eigenvalue weighted by molar-refractivity contribution is -0.144. The van der Waals surface area contributed by atoms with Crippen molar-refractivity contribution in [2.45, 2.75) is 31.6 Å². The van der Waals surface area contributed by atoms with Crippen LogP contribution in [0.25, 0.3) is 17.7 Å². The van der Waals surface area contributed by atoms with E-state index >= 15 is 0 Å². The predicted octanol–water partition coefficient (Wildman–Crippen LogP) is 10.7. The smallest absolute Gasteiger partial charge is 0.421 e. The molecule has 3 aliphatic carbocycles. The Bertz CT molecular complexity index is 2030. The molecular formula is C51H54N2O6. The fourth-order valence-corrected chi connectivity index (χ4v) is 5.95. The van der Waals surface area contributed by atoms with Crippen molar-refractivity contribution in [3.05, 3.63) is 210 Å². The Kier molecular flexibility index (Phi) is 22.5. The minimum atomic E-state index is -0.676. The number of rotatable bonds is 11. The van der Waals surface area contributed by atoms with Gasteiger partial charge in [-0.2, -0.15) is 4.79 Å². The Balaban J connectivity index is 0.000000222. The molecule has 59 heavy (non-hydrogen) atoms. The highest BCUT2D eigenvalue weighted by atomic mass is 16.5. The Morgan fingerprint density at radius 3 is 1.71 bits per heavy atom. The largest absolute Gasteiger partial charge is 0.469 e. The van der Waals surface area contributed by atoms with E-state index in [0.29, 0.717) is 0 Å². The van der Waals surface area contributed by atoms with Crippen LogP contribution in [0.5, 0.6) is 0 Å². The van der Waals surface area contributed by atoms with Gasteiger partial charge < -0.3 is 19.7 Å². The number of allylic oxidation sites excluding steroid dienone is 13. The highest BCUT2D eigenvalue weighted by Gasteiger charge is 2.25. The lowest BCUT2D eigenvalue weighted by atomic mass is 9.83. The Morgan fingerprint density at radius 1 is 0.644 bits per heavy atom. The summed E-state index contributed by atoms with van der Waals surface area (Å²) in [5.41, 5.74) is 11.6. The van der Waals surface area contributed by atoms with Crippen LogP contribution in [0.2, 0.25) is 0 Å². The normalized spacial score (nSPS) is 16.0. The van der Waals surface area contributed by atoms with Gasteiger partial charge in [0, 0.05) is 24.0 Å². The molecule has 8 nitrogen and oxygen atoms in total. The lowest BCUT2D eigenvalue weighted by Crippen LogP contribution is -2.22. The van der Waals surface area contributed by atoms with Crippen LogP contribution in [0, 0.1) is 17.8 Å². The third-order valence-corrected chi connectivity index (χ3v) is 9.09. The van der Waals surface area contributed by atoms with Crippen molar-refractivity contribution in [1.29, 1.82) is 0 Å². The topological polar surface area (TPSA) is 115 Å². The fraction of sp³-hybridized carbons (Fsp3) is 0.216. The number of ether oxygens (including phenoxy) is 3. The molecule has 0 heterocycles. The summed E-state index contributed by atoms with van der Waals surface area (Å²) in [5.74, 6) is -0.777. The van der Waals surface area contributed by atoms with Gasteiger partial charge >= 0.3 is 23.6 Å². The number of benzene rings is 3. The summed E-state index contributed by atoms with van der Waals surface area (Å²) in [6.45, 7) is 0. The molecule has 6 rings (SSSR count). The number of esters is 3. The van der Waals surface area contributed by atoms with Gasteiger partial charge in [-0.05, 0) is 54.4 Å². The van der Waals surface area contributed by atoms with Gasteiger partial charge in [-0.3, -0.25) is 4.79 Å². The number of hydrogen-bond acceptors (Lipinski definition) is 6. The van der Waals surface area contributed by atoms with Crippen LogP contribution in [0.1, 0.15) is 48.3 Å². The van der Waals surface area contributed by atoms with Crippen LogP contribution in [0.3, 0.4) is 0 Å². The van der Waals surface area contributed by atoms with Gasteiger partial charge in [0.25, 0.3) is 0 Å². The molecule has 0 saturated heterocycles. The summed E-state index contributed by atoms with van der Waals surface area (Å²) in [6, 6.07) is 29.5. The Hall–Kier alpha value is -6.89. The molecule has 0 saturated carbocycles. The van der Waals surface area contributed by atoms with Crippen molar-refractivity contribution in [1.82, 2.24) is 0 Å². The third-order valence-electron chi connectivity index (χ3n) is 9.09. The van der Waals surface area contributed by atoms with Crippen LogP contribution < -0.4 is 0 Å². The lowest BCUT2D eigenvalue weighted by Gasteiger charge is -2.21. The van der Waals surface area contributed by atoms with Gasteiger partial charge in [-0.15, -0.1) is 0 Å². The first-order valence-electron chi connectivity index (χ1n) is 19.5. The van der Waals surface area contributed by atoms with Crippen molar-refractivity contribution < 1.29 is 33.4 Å². The zero-order valence-electron chi connectivity index (χ0n) is 34.0. The van der Waals surface area contributed by atoms with Gasteiger partial charge in [-0.1, -0.05) is 182 Å². The second-order valence-electron chi connectivity index (χ2n) is 13.2. The average Bonchev–Trinajstić information content (AvgIpc) is 3.32. The summed E-state index contributed by atoms with van der Waals surface area (Å²) < 4.78 is 14.0. The van der Waals surface area contributed by atoms with E-state index < -0.39 is 5.97 Å². The van der Waals surface area contributed by atoms with Crippen LogP contribution >= 0.6 is 0 Å². The molecule has 0 N–H and O–H groups in total. The Morgan fingerprint density at radius 2 is 1.22 bits per heavy atom. The maximum atomic E-state index is 11.9. The summed E-state index contributed by atoms with van der Waals surface area (Å²) in [6.07, 6.45) is 40.1. The Labute approximate surface area is 349 Å². The van der Waals surface area contributed by atoms with E-state index in [0.717, 1.165) is 24.0 Å². The predicted molar refractivity (Wildman–Crippen MR) is 238 cm³/mol. The zero-order valence-corrected chi connectivity index (χ0v) is 34.0. The van der Waals surface area contributed by atoms with E-state index in [1.807, 2.05) is 109 Å². The van der Waals surface area contributed by atoms with Gasteiger partial charge in [0.1, 0.15) is 0 Å². The van der Waals surface area contributed by atoms with Gasteiger partial charge in [0.15, 0.2) is 0 Å². The molecule has 0 radical (unpaired) electrons. The molecule has 3 unspecified atom stereocenters. The molecule has 3 aromatic rings. The number of carbonyl (C=O) groups is 3. The molecule has 0 amide bonds. The first kappa shape index (κ1) is 46.5. The van der Waals surface area contributed by atoms with Gasteiger partial charge in [0.2, 0.25) is 0 Å². The highest BCUT2D eigenvalue weighted by Crippen LogP contribution is 2.30. The number of hydrogen-bond donors (Lipinski definition) is 0. The molecule has 8 heteroatoms. The summed E-state index contributed by atoms with van der Waals surface area (Å²) in [7, 11) is 4.06. The van der Waals surface area contributed by atoms with Gasteiger partial charge in [-0.25, -0.2) is 9.59 Å². The first-order valence-corrected chi connectivity index (χ1v) is 19.5. The number of nitrogens with zero attached hydrogens (tertiary/aromatic N) is 2. The molecule has 0 aromatic heterocycles. The molecule has 0 bridgehead atoms. The van der Waals surface area contributed by atoms with Gasteiger partial charge in [0.05, 0.1) is 27.2 Å². The standard InChI is InChI=1S/2C17H18O2.C11H10N2O2.C6H8/c1-19-17(18)13-12-16(14-8-4-2-5-9-14)15-10-6-3-7-11-15;1-19-17(18)16(15-10-6-3-7-11-15)13-12-14-8-4-2-5-9-14;1-15-11(14)10(13-12)8-7-9-5-3-2-4-6-9;1-2-4-6-5-3-1/h2,4-13,15-16H,3H2,1H3;2-10,12-13,15-16H,11H2,1H3;2-8H,1H3;1-4H,5-6H2/b2*13-12+;8-7+;. The average molecular weight is 791 g/mol. The minimum Gasteiger partial charge on any atom is -0.469 e. The van der Waals surface area contributed by atoms with Crippen LogP contribution in [-0.4, -0.2) is 49.7 Å². The third kappa shape index (κ3) is 18.3. The molecule has 3 aromatic carbocycles. The maximum absolute atomic E-state index is 11.9. The van der Waals surface area contributed by atoms with Crippen molar-refractivity contribution in [2.75, 3.05) is 21.3 Å². The summed E-state index contributed by atoms with van der Waals surface area (Å²) >= 11 is 0. The van der Waals surface area contributed by atoms with Crippen LogP contribution in [0.15, 0.2) is 188 Å². The molecule has 3 aliphatic rings. The SMILES string of the molecule is C1=CCCC=C1.COC(=O)/C=C/C(c1ccccc1)C1C=CCC=C1.COC(=O)C(/C=C/c1ccccc1)=[N+]=[N-].COC(=O)C(/C=C/c1ccccc1)C1C=CC=CC1. The first-order chi connectivity index (χ1) is 28.9. The quantitative estimate of drug-likeness (QED) is 0.0363. The molecule has 0 aliphatic heterocycles. The highest BCUT2D eigenvalue weighted by molar-refractivity contribution is 6.39. The molecule has 304 valence electrons. The van der Waals surface area contributed by atoms with Crippen molar-refractivity contribution in [3.8, 4) is 0 Å². The second kappa shape index (κ2) is 28.5. The number of methoxy groups -OCH3 is 3. The minimum absolute atomic E-state index is 0.138. The summed E-state index contributed by atoms with van der Waals surface area (Å²) in [5, 5.41) is 0. The molecule has 0 spiro atoms. The maximum Gasteiger partial charge on any atom is 0.421 e. The second-order valence-corrected chi connectivity index (χ2v) is 13.2. The van der Waals surface area contributed by atoms with Crippen LogP contribution in [0.4, 0.5) is 0 Å². The van der Waals surface area contributed by atoms with E-state index in [9.17, 15) is 14.4 Å². The van der Waals surface area contributed by atoms with E-state index in [1.165, 1.54) is 51.9 Å². The zero-order chi connectivity index (χ0) is 42.3. The van der Waals surface area contributed by atoms with Crippen molar-refractivity contribution >= 4 is 35.8 Å². The van der Waals surface area contributed by atoms with E-state index in [2.05, 4.69) is 87.2 Å². The van der Waals surface area contributed by atoms with Crippen LogP contribution in [-0.2, 0) is 28.6 Å². The number of carbonyl (C=O) groups excluding carboxylic acids is 3. The van der Waals surface area contributed by atoms with E-state index in [1.54, 1.807) is 6.08 Å². The monoisotopic (exact) mass is 790 g/mol. The summed E-state index contributed by atoms with van der Waals surface area (Å²) in [4.78, 5) is 37.0.